The van der Waals surface area contributed by atoms with Crippen molar-refractivity contribution in [2.24, 2.45) is 4.99 Å². The van der Waals surface area contributed by atoms with E-state index in [1.54, 1.807) is 7.11 Å². The van der Waals surface area contributed by atoms with E-state index in [0.717, 1.165) is 50.9 Å². The van der Waals surface area contributed by atoms with Crippen molar-refractivity contribution < 1.29 is 4.74 Å². The van der Waals surface area contributed by atoms with Gasteiger partial charge in [0, 0.05) is 39.8 Å². The summed E-state index contributed by atoms with van der Waals surface area (Å²) < 4.78 is 5.41. The number of ether oxygens (including phenoxy) is 1. The van der Waals surface area contributed by atoms with Gasteiger partial charge in [-0.1, -0.05) is 12.1 Å². The quantitative estimate of drug-likeness (QED) is 0.387. The minimum atomic E-state index is 0. The Labute approximate surface area is 183 Å². The Morgan fingerprint density at radius 2 is 2.00 bits per heavy atom. The Morgan fingerprint density at radius 3 is 2.63 bits per heavy atom. The number of hydrogen-bond acceptors (Lipinski definition) is 4. The SMILES string of the molecule is CN=C(NCCc1ccc(C)c(OC)c1)N1CCN(c2cccs2)CC1.I. The van der Waals surface area contributed by atoms with E-state index < -0.39 is 0 Å². The van der Waals surface area contributed by atoms with Gasteiger partial charge < -0.3 is 19.9 Å². The molecular formula is C20H29IN4OS. The monoisotopic (exact) mass is 500 g/mol. The molecule has 0 saturated carbocycles. The third-order valence-corrected chi connectivity index (χ3v) is 5.71. The summed E-state index contributed by atoms with van der Waals surface area (Å²) in [7, 11) is 3.59. The molecular weight excluding hydrogens is 471 g/mol. The molecule has 0 spiro atoms. The highest BCUT2D eigenvalue weighted by molar-refractivity contribution is 14.0. The van der Waals surface area contributed by atoms with Crippen LogP contribution in [0.4, 0.5) is 5.00 Å². The zero-order valence-electron chi connectivity index (χ0n) is 16.3. The number of halogens is 1. The summed E-state index contributed by atoms with van der Waals surface area (Å²) in [5, 5.41) is 7.01. The van der Waals surface area contributed by atoms with Crippen molar-refractivity contribution in [3.63, 3.8) is 0 Å². The van der Waals surface area contributed by atoms with Crippen molar-refractivity contribution in [3.05, 3.63) is 46.8 Å². The molecule has 2 heterocycles. The van der Waals surface area contributed by atoms with Crippen LogP contribution in [0.2, 0.25) is 0 Å². The van der Waals surface area contributed by atoms with Crippen molar-refractivity contribution >= 4 is 46.3 Å². The Hall–Kier alpha value is -1.48. The largest absolute Gasteiger partial charge is 0.496 e. The number of thiophene rings is 1. The van der Waals surface area contributed by atoms with Gasteiger partial charge in [-0.3, -0.25) is 4.99 Å². The van der Waals surface area contributed by atoms with Gasteiger partial charge in [-0.2, -0.15) is 0 Å². The van der Waals surface area contributed by atoms with Crippen LogP contribution >= 0.6 is 35.3 Å². The fourth-order valence-electron chi connectivity index (χ4n) is 3.26. The van der Waals surface area contributed by atoms with Crippen molar-refractivity contribution in [3.8, 4) is 5.75 Å². The average molecular weight is 500 g/mol. The summed E-state index contributed by atoms with van der Waals surface area (Å²) in [6, 6.07) is 10.7. The third-order valence-electron chi connectivity index (χ3n) is 4.78. The number of methoxy groups -OCH3 is 1. The van der Waals surface area contributed by atoms with E-state index in [4.69, 9.17) is 4.74 Å². The molecule has 0 aliphatic carbocycles. The van der Waals surface area contributed by atoms with Gasteiger partial charge in [0.25, 0.3) is 0 Å². The van der Waals surface area contributed by atoms with Gasteiger partial charge in [0.15, 0.2) is 5.96 Å². The highest BCUT2D eigenvalue weighted by Crippen LogP contribution is 2.22. The first-order valence-corrected chi connectivity index (χ1v) is 9.97. The second kappa shape index (κ2) is 10.8. The lowest BCUT2D eigenvalue weighted by molar-refractivity contribution is 0.374. The molecule has 1 N–H and O–H groups in total. The lowest BCUT2D eigenvalue weighted by Gasteiger charge is -2.37. The van der Waals surface area contributed by atoms with Crippen molar-refractivity contribution in [2.75, 3.05) is 51.8 Å². The molecule has 1 fully saturated rings. The summed E-state index contributed by atoms with van der Waals surface area (Å²) in [5.74, 6) is 1.95. The summed E-state index contributed by atoms with van der Waals surface area (Å²) in [4.78, 5) is 9.27. The fourth-order valence-corrected chi connectivity index (χ4v) is 4.04. The lowest BCUT2D eigenvalue weighted by atomic mass is 10.1. The first-order valence-electron chi connectivity index (χ1n) is 9.09. The van der Waals surface area contributed by atoms with E-state index in [1.165, 1.54) is 16.1 Å². The molecule has 1 aromatic heterocycles. The second-order valence-electron chi connectivity index (χ2n) is 6.45. The number of hydrogen-bond donors (Lipinski definition) is 1. The van der Waals surface area contributed by atoms with Crippen molar-refractivity contribution in [2.45, 2.75) is 13.3 Å². The van der Waals surface area contributed by atoms with E-state index in [9.17, 15) is 0 Å². The van der Waals surface area contributed by atoms with E-state index in [1.807, 2.05) is 18.4 Å². The molecule has 0 amide bonds. The number of rotatable bonds is 5. The first-order chi connectivity index (χ1) is 12.7. The van der Waals surface area contributed by atoms with Crippen LogP contribution in [0.3, 0.4) is 0 Å². The van der Waals surface area contributed by atoms with Crippen LogP contribution < -0.4 is 15.0 Å². The van der Waals surface area contributed by atoms with Gasteiger partial charge in [0.05, 0.1) is 12.1 Å². The van der Waals surface area contributed by atoms with E-state index >= 15 is 0 Å². The predicted octanol–water partition coefficient (Wildman–Crippen LogP) is 3.62. The second-order valence-corrected chi connectivity index (χ2v) is 7.38. The molecule has 0 unspecified atom stereocenters. The van der Waals surface area contributed by atoms with Crippen LogP contribution in [0.5, 0.6) is 5.75 Å². The highest BCUT2D eigenvalue weighted by Gasteiger charge is 2.20. The van der Waals surface area contributed by atoms with Crippen LogP contribution in [-0.2, 0) is 6.42 Å². The van der Waals surface area contributed by atoms with Gasteiger partial charge >= 0.3 is 0 Å². The third kappa shape index (κ3) is 5.75. The van der Waals surface area contributed by atoms with Gasteiger partial charge in [0.1, 0.15) is 5.75 Å². The number of anilines is 1. The molecule has 1 aliphatic heterocycles. The zero-order chi connectivity index (χ0) is 18.4. The average Bonchev–Trinajstić information content (AvgIpc) is 3.21. The summed E-state index contributed by atoms with van der Waals surface area (Å²) in [6.07, 6.45) is 0.949. The minimum Gasteiger partial charge on any atom is -0.496 e. The first kappa shape index (κ1) is 21.8. The maximum Gasteiger partial charge on any atom is 0.193 e. The Balaban J connectivity index is 0.00000261. The fraction of sp³-hybridized carbons (Fsp3) is 0.450. The highest BCUT2D eigenvalue weighted by atomic mass is 127. The Morgan fingerprint density at radius 1 is 1.22 bits per heavy atom. The van der Waals surface area contributed by atoms with E-state index in [2.05, 4.69) is 62.7 Å². The zero-order valence-corrected chi connectivity index (χ0v) is 19.4. The molecule has 1 saturated heterocycles. The number of aryl methyl sites for hydroxylation is 1. The minimum absolute atomic E-state index is 0. The summed E-state index contributed by atoms with van der Waals surface area (Å²) >= 11 is 1.81. The number of guanidine groups is 1. The normalized spacial score (nSPS) is 14.7. The smallest absolute Gasteiger partial charge is 0.193 e. The number of piperazine rings is 1. The van der Waals surface area contributed by atoms with Gasteiger partial charge in [0.2, 0.25) is 0 Å². The van der Waals surface area contributed by atoms with Gasteiger partial charge in [-0.25, -0.2) is 0 Å². The van der Waals surface area contributed by atoms with Crippen LogP contribution in [0.25, 0.3) is 0 Å². The molecule has 5 nitrogen and oxygen atoms in total. The molecule has 0 radical (unpaired) electrons. The molecule has 27 heavy (non-hydrogen) atoms. The van der Waals surface area contributed by atoms with Crippen LogP contribution in [0.1, 0.15) is 11.1 Å². The number of benzene rings is 1. The van der Waals surface area contributed by atoms with Crippen LogP contribution in [0, 0.1) is 6.92 Å². The molecule has 7 heteroatoms. The maximum absolute atomic E-state index is 5.41. The molecule has 1 aromatic carbocycles. The van der Waals surface area contributed by atoms with Crippen molar-refractivity contribution in [1.82, 2.24) is 10.2 Å². The van der Waals surface area contributed by atoms with Crippen LogP contribution in [0.15, 0.2) is 40.7 Å². The number of nitrogens with one attached hydrogen (secondary N) is 1. The molecule has 2 aromatic rings. The van der Waals surface area contributed by atoms with Gasteiger partial charge in [-0.05, 0) is 48.1 Å². The predicted molar refractivity (Wildman–Crippen MR) is 126 cm³/mol. The van der Waals surface area contributed by atoms with Gasteiger partial charge in [-0.15, -0.1) is 35.3 Å². The van der Waals surface area contributed by atoms with Crippen molar-refractivity contribution in [1.29, 1.82) is 0 Å². The standard InChI is InChI=1S/C20H28N4OS.HI/c1-16-6-7-17(15-18(16)25-3)8-9-22-20(21-2)24-12-10-23(11-13-24)19-5-4-14-26-19;/h4-7,14-15H,8-13H2,1-3H3,(H,21,22);1H. The lowest BCUT2D eigenvalue weighted by Crippen LogP contribution is -2.52. The maximum atomic E-state index is 5.41. The molecule has 0 bridgehead atoms. The molecule has 0 atom stereocenters. The summed E-state index contributed by atoms with van der Waals surface area (Å²) in [6.45, 7) is 7.00. The molecule has 1 aliphatic rings. The van der Waals surface area contributed by atoms with E-state index in [0.29, 0.717) is 0 Å². The summed E-state index contributed by atoms with van der Waals surface area (Å²) in [5.41, 5.74) is 2.45. The van der Waals surface area contributed by atoms with E-state index in [-0.39, 0.29) is 24.0 Å². The molecule has 3 rings (SSSR count). The topological polar surface area (TPSA) is 40.1 Å². The Bertz CT molecular complexity index is 728. The Kier molecular flexibility index (Phi) is 8.69. The number of nitrogens with zero attached hydrogens (tertiary/aromatic N) is 3. The van der Waals surface area contributed by atoms with Crippen LogP contribution in [-0.4, -0.2) is 57.7 Å². The number of aliphatic imine (C=N–C) groups is 1. The molecule has 148 valence electrons.